The van der Waals surface area contributed by atoms with Gasteiger partial charge in [-0.2, -0.15) is 0 Å². The smallest absolute Gasteiger partial charge is 0.410 e. The van der Waals surface area contributed by atoms with Crippen molar-refractivity contribution in [3.63, 3.8) is 0 Å². The van der Waals surface area contributed by atoms with Crippen molar-refractivity contribution in [3.05, 3.63) is 72.8 Å². The Morgan fingerprint density at radius 2 is 1.68 bits per heavy atom. The predicted molar refractivity (Wildman–Crippen MR) is 118 cm³/mol. The highest BCUT2D eigenvalue weighted by Crippen LogP contribution is 2.33. The number of ether oxygens (including phenoxy) is 1. The number of rotatable bonds is 6. The van der Waals surface area contributed by atoms with E-state index in [0.29, 0.717) is 48.6 Å². The van der Waals surface area contributed by atoms with Gasteiger partial charge in [0.25, 0.3) is 0 Å². The summed E-state index contributed by atoms with van der Waals surface area (Å²) in [7, 11) is -1.28. The molecular weight excluding hydrogens is 414 g/mol. The van der Waals surface area contributed by atoms with Crippen molar-refractivity contribution < 1.29 is 18.5 Å². The number of fused-ring (bicyclic) bond motifs is 1. The molecular formula is C23H25N3O4S. The minimum Gasteiger partial charge on any atom is -0.445 e. The van der Waals surface area contributed by atoms with E-state index in [1.165, 1.54) is 6.08 Å². The monoisotopic (exact) mass is 439 g/mol. The zero-order valence-electron chi connectivity index (χ0n) is 17.1. The molecule has 4 rings (SSSR count). The highest BCUT2D eigenvalue weighted by atomic mass is 32.2. The van der Waals surface area contributed by atoms with E-state index in [-0.39, 0.29) is 18.6 Å². The van der Waals surface area contributed by atoms with Gasteiger partial charge in [-0.1, -0.05) is 36.9 Å². The maximum Gasteiger partial charge on any atom is 0.410 e. The van der Waals surface area contributed by atoms with Gasteiger partial charge in [-0.05, 0) is 47.7 Å². The lowest BCUT2D eigenvalue weighted by molar-refractivity contribution is -0.111. The summed E-state index contributed by atoms with van der Waals surface area (Å²) < 4.78 is 20.4. The number of likely N-dealkylation sites (tertiary alicyclic amines) is 1. The second-order valence-corrected chi connectivity index (χ2v) is 9.27. The normalized spacial score (nSPS) is 21.4. The van der Waals surface area contributed by atoms with E-state index in [9.17, 15) is 13.8 Å². The summed E-state index contributed by atoms with van der Waals surface area (Å²) in [6.07, 6.45) is 0.915. The Hall–Kier alpha value is -2.97. The Morgan fingerprint density at radius 3 is 2.29 bits per heavy atom. The fourth-order valence-corrected chi connectivity index (χ4v) is 5.36. The van der Waals surface area contributed by atoms with Crippen LogP contribution in [0.3, 0.4) is 0 Å². The third-order valence-electron chi connectivity index (χ3n) is 5.66. The standard InChI is InChI=1S/C23H25N3O4S/c1-2-22(27)24-20-8-10-21(11-9-20)31(29)26-14-18-12-25(13-19(18)15-26)23(28)30-16-17-6-4-3-5-7-17/h2-11,18-19H,1,12-16H2,(H,24,27). The molecule has 7 nitrogen and oxygen atoms in total. The highest BCUT2D eigenvalue weighted by molar-refractivity contribution is 7.82. The first-order valence-electron chi connectivity index (χ1n) is 10.2. The molecule has 0 radical (unpaired) electrons. The van der Waals surface area contributed by atoms with E-state index < -0.39 is 11.0 Å². The van der Waals surface area contributed by atoms with Gasteiger partial charge in [-0.25, -0.2) is 13.3 Å². The van der Waals surface area contributed by atoms with E-state index >= 15 is 0 Å². The van der Waals surface area contributed by atoms with Crippen LogP contribution >= 0.6 is 0 Å². The third-order valence-corrected chi connectivity index (χ3v) is 7.10. The minimum atomic E-state index is -1.28. The molecule has 2 aromatic carbocycles. The summed E-state index contributed by atoms with van der Waals surface area (Å²) in [5, 5.41) is 2.68. The Morgan fingerprint density at radius 1 is 1.03 bits per heavy atom. The molecule has 2 amide bonds. The molecule has 0 aromatic heterocycles. The number of nitrogens with zero attached hydrogens (tertiary/aromatic N) is 2. The summed E-state index contributed by atoms with van der Waals surface area (Å²) in [5.74, 6) is 0.298. The number of carbonyl (C=O) groups excluding carboxylic acids is 2. The zero-order chi connectivity index (χ0) is 21.8. The van der Waals surface area contributed by atoms with Gasteiger partial charge in [0.1, 0.15) is 17.6 Å². The van der Waals surface area contributed by atoms with Gasteiger partial charge < -0.3 is 15.0 Å². The van der Waals surface area contributed by atoms with E-state index in [1.807, 2.05) is 34.6 Å². The van der Waals surface area contributed by atoms with Crippen LogP contribution in [0.2, 0.25) is 0 Å². The lowest BCUT2D eigenvalue weighted by Crippen LogP contribution is -2.34. The lowest BCUT2D eigenvalue weighted by atomic mass is 10.0. The van der Waals surface area contributed by atoms with E-state index in [2.05, 4.69) is 11.9 Å². The lowest BCUT2D eigenvalue weighted by Gasteiger charge is -2.21. The summed E-state index contributed by atoms with van der Waals surface area (Å²) in [6, 6.07) is 16.6. The number of amides is 2. The van der Waals surface area contributed by atoms with Crippen LogP contribution in [0.25, 0.3) is 0 Å². The number of carbonyl (C=O) groups is 2. The molecule has 1 N–H and O–H groups in total. The van der Waals surface area contributed by atoms with E-state index in [1.54, 1.807) is 29.2 Å². The largest absolute Gasteiger partial charge is 0.445 e. The average Bonchev–Trinajstić information content (AvgIpc) is 3.38. The number of hydrogen-bond donors (Lipinski definition) is 1. The predicted octanol–water partition coefficient (Wildman–Crippen LogP) is 3.03. The molecule has 0 aliphatic carbocycles. The number of hydrogen-bond acceptors (Lipinski definition) is 4. The van der Waals surface area contributed by atoms with Crippen LogP contribution < -0.4 is 5.32 Å². The van der Waals surface area contributed by atoms with Crippen molar-refractivity contribution in [2.24, 2.45) is 11.8 Å². The van der Waals surface area contributed by atoms with Crippen molar-refractivity contribution >= 4 is 28.7 Å². The van der Waals surface area contributed by atoms with Gasteiger partial charge >= 0.3 is 6.09 Å². The average molecular weight is 440 g/mol. The Labute approximate surface area is 184 Å². The van der Waals surface area contributed by atoms with Gasteiger partial charge in [0, 0.05) is 31.9 Å². The van der Waals surface area contributed by atoms with Crippen molar-refractivity contribution in [1.29, 1.82) is 0 Å². The first-order chi connectivity index (χ1) is 15.0. The topological polar surface area (TPSA) is 79.0 Å². The third kappa shape index (κ3) is 5.03. The molecule has 162 valence electrons. The molecule has 2 saturated heterocycles. The molecule has 2 aliphatic rings. The fraction of sp³-hybridized carbons (Fsp3) is 0.304. The van der Waals surface area contributed by atoms with Gasteiger partial charge in [0.05, 0.1) is 4.90 Å². The minimum absolute atomic E-state index is 0.269. The first-order valence-corrected chi connectivity index (χ1v) is 11.3. The molecule has 0 spiro atoms. The Kier molecular flexibility index (Phi) is 6.48. The van der Waals surface area contributed by atoms with Crippen LogP contribution in [0.5, 0.6) is 0 Å². The van der Waals surface area contributed by atoms with Crippen molar-refractivity contribution in [1.82, 2.24) is 9.21 Å². The second-order valence-electron chi connectivity index (χ2n) is 7.78. The number of anilines is 1. The molecule has 0 saturated carbocycles. The summed E-state index contributed by atoms with van der Waals surface area (Å²) >= 11 is 0. The fourth-order valence-electron chi connectivity index (χ4n) is 4.04. The van der Waals surface area contributed by atoms with Crippen LogP contribution in [0, 0.1) is 11.8 Å². The van der Waals surface area contributed by atoms with E-state index in [0.717, 1.165) is 5.56 Å². The van der Waals surface area contributed by atoms with Crippen LogP contribution in [-0.2, 0) is 27.1 Å². The summed E-state index contributed by atoms with van der Waals surface area (Å²) in [5.41, 5.74) is 1.60. The zero-order valence-corrected chi connectivity index (χ0v) is 17.9. The molecule has 2 aromatic rings. The van der Waals surface area contributed by atoms with Crippen molar-refractivity contribution in [3.8, 4) is 0 Å². The molecule has 2 fully saturated rings. The van der Waals surface area contributed by atoms with Crippen LogP contribution in [-0.4, -0.2) is 51.6 Å². The van der Waals surface area contributed by atoms with Gasteiger partial charge in [-0.15, -0.1) is 0 Å². The van der Waals surface area contributed by atoms with Crippen molar-refractivity contribution in [2.75, 3.05) is 31.5 Å². The van der Waals surface area contributed by atoms with Crippen LogP contribution in [0.1, 0.15) is 5.56 Å². The highest BCUT2D eigenvalue weighted by Gasteiger charge is 2.43. The molecule has 8 heteroatoms. The van der Waals surface area contributed by atoms with E-state index in [4.69, 9.17) is 4.74 Å². The molecule has 3 atom stereocenters. The van der Waals surface area contributed by atoms with Crippen molar-refractivity contribution in [2.45, 2.75) is 11.5 Å². The summed E-state index contributed by atoms with van der Waals surface area (Å²) in [4.78, 5) is 26.2. The molecule has 2 heterocycles. The molecule has 3 unspecified atom stereocenters. The van der Waals surface area contributed by atoms with Gasteiger partial charge in [0.15, 0.2) is 0 Å². The molecule has 0 bridgehead atoms. The second kappa shape index (κ2) is 9.45. The Balaban J connectivity index is 1.28. The Bertz CT molecular complexity index is 966. The van der Waals surface area contributed by atoms with Gasteiger partial charge in [0.2, 0.25) is 5.91 Å². The van der Waals surface area contributed by atoms with Crippen LogP contribution in [0.4, 0.5) is 10.5 Å². The number of nitrogens with one attached hydrogen (secondary N) is 1. The first kappa shape index (κ1) is 21.3. The molecule has 2 aliphatic heterocycles. The molecule has 31 heavy (non-hydrogen) atoms. The maximum absolute atomic E-state index is 13.0. The van der Waals surface area contributed by atoms with Crippen LogP contribution in [0.15, 0.2) is 72.1 Å². The van der Waals surface area contributed by atoms with Gasteiger partial charge in [-0.3, -0.25) is 4.79 Å². The SMILES string of the molecule is C=CC(=O)Nc1ccc(S(=O)N2CC3CN(C(=O)OCc4ccccc4)CC3C2)cc1. The quantitative estimate of drug-likeness (QED) is 0.702. The maximum atomic E-state index is 13.0. The summed E-state index contributed by atoms with van der Waals surface area (Å²) in [6.45, 7) is 6.29. The number of benzene rings is 2.